The summed E-state index contributed by atoms with van der Waals surface area (Å²) in [5.74, 6) is 3.09. The number of hydrogen-bond donors (Lipinski definition) is 2. The van der Waals surface area contributed by atoms with Gasteiger partial charge >= 0.3 is 12.1 Å². The summed E-state index contributed by atoms with van der Waals surface area (Å²) in [5, 5.41) is 6.46. The SMILES string of the molecule is CC(C)(C)OC(=O)N1CCN(CCCOc2ccccc2NC(=O)NC23CC4CC(CC(C4)C2)C3)CC1. The van der Waals surface area contributed by atoms with Crippen molar-refractivity contribution in [3.8, 4) is 5.75 Å². The number of nitrogens with zero attached hydrogens (tertiary/aromatic N) is 2. The summed E-state index contributed by atoms with van der Waals surface area (Å²) in [7, 11) is 0. The van der Waals surface area contributed by atoms with E-state index in [2.05, 4.69) is 15.5 Å². The Morgan fingerprint density at radius 3 is 2.22 bits per heavy atom. The molecule has 3 amide bonds. The smallest absolute Gasteiger partial charge is 0.410 e. The second-order valence-corrected chi connectivity index (χ2v) is 12.8. The van der Waals surface area contributed by atoms with Crippen LogP contribution in [-0.2, 0) is 4.74 Å². The highest BCUT2D eigenvalue weighted by molar-refractivity contribution is 5.91. The summed E-state index contributed by atoms with van der Waals surface area (Å²) in [6, 6.07) is 7.58. The van der Waals surface area contributed by atoms with Gasteiger partial charge in [-0.15, -0.1) is 0 Å². The molecule has 0 unspecified atom stereocenters. The van der Waals surface area contributed by atoms with Crippen molar-refractivity contribution < 1.29 is 19.1 Å². The lowest BCUT2D eigenvalue weighted by molar-refractivity contribution is -0.0127. The summed E-state index contributed by atoms with van der Waals surface area (Å²) in [6.07, 6.45) is 8.13. The molecule has 4 aliphatic carbocycles. The van der Waals surface area contributed by atoms with Gasteiger partial charge in [-0.25, -0.2) is 9.59 Å². The molecule has 0 spiro atoms. The first-order valence-corrected chi connectivity index (χ1v) is 14.2. The number of para-hydroxylation sites is 2. The Kier molecular flexibility index (Phi) is 7.57. The van der Waals surface area contributed by atoms with Crippen LogP contribution in [0.5, 0.6) is 5.75 Å². The third-order valence-electron chi connectivity index (χ3n) is 8.45. The van der Waals surface area contributed by atoms with Crippen LogP contribution < -0.4 is 15.4 Å². The second-order valence-electron chi connectivity index (χ2n) is 12.8. The molecule has 5 fully saturated rings. The molecule has 1 aromatic carbocycles. The largest absolute Gasteiger partial charge is 0.491 e. The van der Waals surface area contributed by atoms with Gasteiger partial charge in [0.1, 0.15) is 11.4 Å². The van der Waals surface area contributed by atoms with Crippen molar-refractivity contribution in [1.29, 1.82) is 0 Å². The minimum atomic E-state index is -0.466. The first kappa shape index (κ1) is 26.1. The molecule has 0 aromatic heterocycles. The van der Waals surface area contributed by atoms with Gasteiger partial charge < -0.3 is 25.0 Å². The zero-order valence-electron chi connectivity index (χ0n) is 22.8. The number of carbonyl (C=O) groups excluding carboxylic acids is 2. The van der Waals surface area contributed by atoms with Gasteiger partial charge in [-0.2, -0.15) is 0 Å². The molecule has 1 aliphatic heterocycles. The van der Waals surface area contributed by atoms with Crippen LogP contribution in [0.3, 0.4) is 0 Å². The predicted octanol–water partition coefficient (Wildman–Crippen LogP) is 5.10. The van der Waals surface area contributed by atoms with E-state index in [4.69, 9.17) is 9.47 Å². The van der Waals surface area contributed by atoms with Gasteiger partial charge in [-0.1, -0.05) is 12.1 Å². The number of rotatable bonds is 7. The number of nitrogens with one attached hydrogen (secondary N) is 2. The van der Waals surface area contributed by atoms with Crippen LogP contribution in [0.1, 0.15) is 65.7 Å². The highest BCUT2D eigenvalue weighted by Crippen LogP contribution is 2.55. The molecule has 0 atom stereocenters. The van der Waals surface area contributed by atoms with Crippen molar-refractivity contribution in [3.05, 3.63) is 24.3 Å². The number of benzene rings is 1. The standard InChI is InChI=1S/C29H44N4O4/c1-28(2,3)37-27(35)33-12-10-32(11-13-33)9-6-14-36-25-8-5-4-7-24(25)30-26(34)31-29-18-21-15-22(19-29)17-23(16-21)20-29/h4-5,7-8,21-23H,6,9-20H2,1-3H3,(H2,30,31,34). The van der Waals surface area contributed by atoms with Crippen LogP contribution in [0.4, 0.5) is 15.3 Å². The van der Waals surface area contributed by atoms with E-state index in [0.717, 1.165) is 68.8 Å². The second kappa shape index (κ2) is 10.7. The fourth-order valence-corrected chi connectivity index (χ4v) is 7.30. The number of amides is 3. The van der Waals surface area contributed by atoms with E-state index in [-0.39, 0.29) is 17.7 Å². The topological polar surface area (TPSA) is 83.1 Å². The summed E-state index contributed by atoms with van der Waals surface area (Å²) in [4.78, 5) is 29.4. The Balaban J connectivity index is 1.04. The fraction of sp³-hybridized carbons (Fsp3) is 0.724. The molecule has 1 saturated heterocycles. The number of piperazine rings is 1. The monoisotopic (exact) mass is 512 g/mol. The van der Waals surface area contributed by atoms with Crippen LogP contribution in [0.2, 0.25) is 0 Å². The lowest BCUT2D eigenvalue weighted by atomic mass is 9.53. The first-order chi connectivity index (χ1) is 17.7. The van der Waals surface area contributed by atoms with E-state index < -0.39 is 5.60 Å². The molecule has 6 rings (SSSR count). The average Bonchev–Trinajstić information content (AvgIpc) is 2.81. The molecule has 0 radical (unpaired) electrons. The van der Waals surface area contributed by atoms with Crippen molar-refractivity contribution in [2.45, 2.75) is 76.9 Å². The summed E-state index contributed by atoms with van der Waals surface area (Å²) in [5.41, 5.74) is 0.240. The minimum Gasteiger partial charge on any atom is -0.491 e. The molecule has 1 heterocycles. The quantitative estimate of drug-likeness (QED) is 0.497. The molecule has 204 valence electrons. The average molecular weight is 513 g/mol. The number of carbonyl (C=O) groups is 2. The van der Waals surface area contributed by atoms with Gasteiger partial charge in [0, 0.05) is 38.3 Å². The lowest BCUT2D eigenvalue weighted by Gasteiger charge is -2.56. The van der Waals surface area contributed by atoms with Crippen LogP contribution in [0.15, 0.2) is 24.3 Å². The molecule has 4 bridgehead atoms. The Morgan fingerprint density at radius 2 is 1.59 bits per heavy atom. The highest BCUT2D eigenvalue weighted by Gasteiger charge is 2.51. The van der Waals surface area contributed by atoms with Crippen LogP contribution in [0.25, 0.3) is 0 Å². The molecule has 2 N–H and O–H groups in total. The van der Waals surface area contributed by atoms with Crippen molar-refractivity contribution in [2.24, 2.45) is 17.8 Å². The van der Waals surface area contributed by atoms with Gasteiger partial charge in [0.05, 0.1) is 12.3 Å². The van der Waals surface area contributed by atoms with Crippen molar-refractivity contribution >= 4 is 17.8 Å². The zero-order valence-corrected chi connectivity index (χ0v) is 22.8. The van der Waals surface area contributed by atoms with E-state index in [1.165, 1.54) is 19.3 Å². The van der Waals surface area contributed by atoms with E-state index in [9.17, 15) is 9.59 Å². The highest BCUT2D eigenvalue weighted by atomic mass is 16.6. The van der Waals surface area contributed by atoms with E-state index in [1.54, 1.807) is 4.90 Å². The molecular formula is C29H44N4O4. The molecular weight excluding hydrogens is 468 g/mol. The zero-order chi connectivity index (χ0) is 26.0. The van der Waals surface area contributed by atoms with E-state index in [0.29, 0.717) is 25.4 Å². The van der Waals surface area contributed by atoms with E-state index >= 15 is 0 Å². The normalized spacial score (nSPS) is 29.2. The molecule has 8 nitrogen and oxygen atoms in total. The van der Waals surface area contributed by atoms with Crippen LogP contribution in [-0.4, -0.2) is 72.4 Å². The minimum absolute atomic E-state index is 0.0118. The lowest BCUT2D eigenvalue weighted by Crippen LogP contribution is -2.60. The molecule has 37 heavy (non-hydrogen) atoms. The van der Waals surface area contributed by atoms with Crippen molar-refractivity contribution in [3.63, 3.8) is 0 Å². The van der Waals surface area contributed by atoms with Gasteiger partial charge in [-0.3, -0.25) is 4.90 Å². The number of hydrogen-bond acceptors (Lipinski definition) is 5. The van der Waals surface area contributed by atoms with Gasteiger partial charge in [0.2, 0.25) is 0 Å². The predicted molar refractivity (Wildman–Crippen MR) is 144 cm³/mol. The molecule has 8 heteroatoms. The molecule has 4 saturated carbocycles. The number of urea groups is 1. The van der Waals surface area contributed by atoms with Gasteiger partial charge in [-0.05, 0) is 95.6 Å². The van der Waals surface area contributed by atoms with E-state index in [1.807, 2.05) is 45.0 Å². The van der Waals surface area contributed by atoms with Gasteiger partial charge in [0.15, 0.2) is 0 Å². The molecule has 5 aliphatic rings. The molecule has 1 aromatic rings. The Morgan fingerprint density at radius 1 is 0.973 bits per heavy atom. The fourth-order valence-electron chi connectivity index (χ4n) is 7.30. The van der Waals surface area contributed by atoms with Crippen LogP contribution in [0, 0.1) is 17.8 Å². The maximum Gasteiger partial charge on any atom is 0.410 e. The Labute approximate surface area is 221 Å². The Hall–Kier alpha value is -2.48. The number of anilines is 1. The summed E-state index contributed by atoms with van der Waals surface area (Å²) >= 11 is 0. The third-order valence-corrected chi connectivity index (χ3v) is 8.45. The van der Waals surface area contributed by atoms with Crippen molar-refractivity contribution in [1.82, 2.24) is 15.1 Å². The van der Waals surface area contributed by atoms with Crippen molar-refractivity contribution in [2.75, 3.05) is 44.6 Å². The third kappa shape index (κ3) is 6.70. The van der Waals surface area contributed by atoms with Gasteiger partial charge in [0.25, 0.3) is 0 Å². The Bertz CT molecular complexity index is 932. The maximum atomic E-state index is 13.0. The van der Waals surface area contributed by atoms with Crippen LogP contribution >= 0.6 is 0 Å². The summed E-state index contributed by atoms with van der Waals surface area (Å²) < 4.78 is 11.6. The maximum absolute atomic E-state index is 13.0. The number of ether oxygens (including phenoxy) is 2. The summed E-state index contributed by atoms with van der Waals surface area (Å²) in [6.45, 7) is 10.2. The first-order valence-electron chi connectivity index (χ1n) is 14.2.